The lowest BCUT2D eigenvalue weighted by molar-refractivity contribution is -0.385. The van der Waals surface area contributed by atoms with Gasteiger partial charge in [0.1, 0.15) is 0 Å². The Morgan fingerprint density at radius 3 is 2.39 bits per heavy atom. The molecule has 9 heteroatoms. The van der Waals surface area contributed by atoms with Gasteiger partial charge in [-0.2, -0.15) is 0 Å². The van der Waals surface area contributed by atoms with Gasteiger partial charge in [-0.25, -0.2) is 12.4 Å². The van der Waals surface area contributed by atoms with Crippen molar-refractivity contribution in [3.8, 4) is 0 Å². The molecule has 0 unspecified atom stereocenters. The van der Waals surface area contributed by atoms with E-state index in [2.05, 4.69) is 0 Å². The maximum atomic E-state index is 12.9. The van der Waals surface area contributed by atoms with Crippen LogP contribution in [-0.2, 0) is 17.1 Å². The van der Waals surface area contributed by atoms with Crippen LogP contribution in [0.2, 0.25) is 0 Å². The summed E-state index contributed by atoms with van der Waals surface area (Å²) in [7, 11) is -2.54. The highest BCUT2D eigenvalue weighted by Gasteiger charge is 2.24. The Bertz CT molecular complexity index is 1100. The van der Waals surface area contributed by atoms with Crippen molar-refractivity contribution in [2.45, 2.75) is 4.90 Å². The molecular formula is C14H12N4O4S. The van der Waals surface area contributed by atoms with Crippen LogP contribution in [0.25, 0.3) is 11.0 Å². The fraction of sp³-hybridized carbons (Fsp3) is 0.0714. The fourth-order valence-electron chi connectivity index (χ4n) is 2.39. The zero-order valence-corrected chi connectivity index (χ0v) is 12.8. The smallest absolute Gasteiger partial charge is 0.271 e. The van der Waals surface area contributed by atoms with Crippen LogP contribution in [0.3, 0.4) is 0 Å². The molecular weight excluding hydrogens is 320 g/mol. The zero-order valence-electron chi connectivity index (χ0n) is 12.0. The third kappa shape index (κ3) is 2.21. The average molecular weight is 332 g/mol. The Morgan fingerprint density at radius 2 is 1.74 bits per heavy atom. The largest absolute Gasteiger partial charge is 0.313 e. The molecule has 118 valence electrons. The molecule has 0 radical (unpaired) electrons. The number of benzene rings is 2. The summed E-state index contributed by atoms with van der Waals surface area (Å²) in [5.74, 6) is 0. The van der Waals surface area contributed by atoms with E-state index < -0.39 is 14.9 Å². The van der Waals surface area contributed by atoms with Gasteiger partial charge in [-0.15, -0.1) is 0 Å². The molecule has 0 aliphatic heterocycles. The molecule has 2 aromatic carbocycles. The first kappa shape index (κ1) is 15.0. The van der Waals surface area contributed by atoms with E-state index in [-0.39, 0.29) is 16.2 Å². The van der Waals surface area contributed by atoms with Crippen LogP contribution in [0.5, 0.6) is 0 Å². The Morgan fingerprint density at radius 1 is 1.09 bits per heavy atom. The maximum absolute atomic E-state index is 12.9. The third-order valence-electron chi connectivity index (χ3n) is 3.54. The Kier molecular flexibility index (Phi) is 3.29. The van der Waals surface area contributed by atoms with Gasteiger partial charge in [-0.05, 0) is 18.2 Å². The first-order valence-electron chi connectivity index (χ1n) is 6.55. The lowest BCUT2D eigenvalue weighted by Gasteiger charge is -2.06. The average Bonchev–Trinajstić information content (AvgIpc) is 2.80. The maximum Gasteiger partial charge on any atom is 0.271 e. The van der Waals surface area contributed by atoms with Crippen LogP contribution in [0.4, 0.5) is 5.69 Å². The van der Waals surface area contributed by atoms with Gasteiger partial charge < -0.3 is 4.57 Å². The summed E-state index contributed by atoms with van der Waals surface area (Å²) in [6.07, 6.45) is 0. The van der Waals surface area contributed by atoms with Gasteiger partial charge in [0.05, 0.1) is 20.9 Å². The number of hydrogen-bond acceptors (Lipinski definition) is 5. The van der Waals surface area contributed by atoms with Crippen molar-refractivity contribution >= 4 is 26.7 Å². The van der Waals surface area contributed by atoms with Gasteiger partial charge in [0.25, 0.3) is 15.7 Å². The minimum absolute atomic E-state index is 0.235. The molecule has 3 rings (SSSR count). The third-order valence-corrected chi connectivity index (χ3v) is 5.24. The van der Waals surface area contributed by atoms with Gasteiger partial charge in [0.15, 0.2) is 0 Å². The molecule has 3 aromatic rings. The van der Waals surface area contributed by atoms with E-state index in [1.165, 1.54) is 22.8 Å². The number of nitro benzene ring substituents is 1. The molecule has 0 amide bonds. The van der Waals surface area contributed by atoms with E-state index in [1.807, 2.05) is 0 Å². The van der Waals surface area contributed by atoms with Crippen molar-refractivity contribution in [1.82, 2.24) is 8.54 Å². The van der Waals surface area contributed by atoms with E-state index in [0.29, 0.717) is 11.0 Å². The highest BCUT2D eigenvalue weighted by atomic mass is 32.2. The zero-order chi connectivity index (χ0) is 16.8. The summed E-state index contributed by atoms with van der Waals surface area (Å²) >= 11 is 0. The number of non-ortho nitro benzene ring substituents is 1. The number of nitrogens with zero attached hydrogens (tertiary/aromatic N) is 3. The van der Waals surface area contributed by atoms with Gasteiger partial charge in [0.2, 0.25) is 5.62 Å². The predicted octanol–water partition coefficient (Wildman–Crippen LogP) is 1.60. The monoisotopic (exact) mass is 332 g/mol. The summed E-state index contributed by atoms with van der Waals surface area (Å²) in [5, 5.41) is 18.9. The molecule has 0 fully saturated rings. The second-order valence-corrected chi connectivity index (χ2v) is 6.68. The summed E-state index contributed by atoms with van der Waals surface area (Å²) in [6, 6.07) is 11.5. The summed E-state index contributed by atoms with van der Waals surface area (Å²) in [4.78, 5) is 9.97. The van der Waals surface area contributed by atoms with Crippen molar-refractivity contribution in [3.63, 3.8) is 0 Å². The van der Waals surface area contributed by atoms with Crippen LogP contribution in [0, 0.1) is 15.5 Å². The second-order valence-electron chi connectivity index (χ2n) is 4.90. The van der Waals surface area contributed by atoms with E-state index in [9.17, 15) is 18.5 Å². The van der Waals surface area contributed by atoms with Crippen molar-refractivity contribution in [2.24, 2.45) is 7.05 Å². The Balaban J connectivity index is 2.34. The van der Waals surface area contributed by atoms with E-state index in [0.717, 1.165) is 10.0 Å². The van der Waals surface area contributed by atoms with Gasteiger partial charge in [-0.3, -0.25) is 15.5 Å². The predicted molar refractivity (Wildman–Crippen MR) is 82.4 cm³/mol. The molecule has 1 aromatic heterocycles. The second kappa shape index (κ2) is 5.06. The van der Waals surface area contributed by atoms with Crippen LogP contribution >= 0.6 is 0 Å². The van der Waals surface area contributed by atoms with E-state index in [4.69, 9.17) is 5.41 Å². The fourth-order valence-corrected chi connectivity index (χ4v) is 3.88. The quantitative estimate of drug-likeness (QED) is 0.580. The van der Waals surface area contributed by atoms with Gasteiger partial charge in [-0.1, -0.05) is 18.2 Å². The Labute approximate surface area is 130 Å². The standard InChI is InChI=1S/C14H12N4O4S/c1-16-12-7-2-3-8-13(12)17(14(16)15)23(21,22)11-6-4-5-10(9-11)18(19)20/h2-9,15H,1H3. The molecule has 0 bridgehead atoms. The molecule has 0 atom stereocenters. The van der Waals surface area contributed by atoms with Gasteiger partial charge in [0, 0.05) is 19.2 Å². The van der Waals surface area contributed by atoms with Crippen molar-refractivity contribution in [2.75, 3.05) is 0 Å². The summed E-state index contributed by atoms with van der Waals surface area (Å²) < 4.78 is 28.0. The Hall–Kier alpha value is -2.94. The number of aromatic nitrogens is 2. The number of imidazole rings is 1. The molecule has 0 aliphatic carbocycles. The number of fused-ring (bicyclic) bond motifs is 1. The highest BCUT2D eigenvalue weighted by Crippen LogP contribution is 2.22. The molecule has 0 aliphatic rings. The van der Waals surface area contributed by atoms with Crippen molar-refractivity contribution in [1.29, 1.82) is 5.41 Å². The molecule has 0 spiro atoms. The molecule has 0 saturated heterocycles. The molecule has 1 heterocycles. The van der Waals surface area contributed by atoms with Crippen LogP contribution < -0.4 is 5.62 Å². The van der Waals surface area contributed by atoms with E-state index in [1.54, 1.807) is 31.3 Å². The lowest BCUT2D eigenvalue weighted by atomic mass is 10.3. The van der Waals surface area contributed by atoms with Crippen LogP contribution in [-0.4, -0.2) is 21.9 Å². The van der Waals surface area contributed by atoms with Crippen molar-refractivity contribution in [3.05, 3.63) is 64.3 Å². The van der Waals surface area contributed by atoms with Gasteiger partial charge >= 0.3 is 0 Å². The number of hydrogen-bond donors (Lipinski definition) is 1. The highest BCUT2D eigenvalue weighted by molar-refractivity contribution is 7.90. The molecule has 1 N–H and O–H groups in total. The van der Waals surface area contributed by atoms with Crippen molar-refractivity contribution < 1.29 is 13.3 Å². The number of rotatable bonds is 3. The molecule has 8 nitrogen and oxygen atoms in total. The number of para-hydroxylation sites is 2. The topological polar surface area (TPSA) is 111 Å². The summed E-state index contributed by atoms with van der Waals surface area (Å²) in [6.45, 7) is 0. The number of nitrogens with one attached hydrogen (secondary N) is 1. The minimum Gasteiger partial charge on any atom is -0.313 e. The first-order valence-corrected chi connectivity index (χ1v) is 7.99. The van der Waals surface area contributed by atoms with Crippen LogP contribution in [0.1, 0.15) is 0 Å². The number of aryl methyl sites for hydroxylation is 1. The SMILES string of the molecule is Cn1c(=N)n(S(=O)(=O)c2cccc([N+](=O)[O-])c2)c2ccccc21. The summed E-state index contributed by atoms with van der Waals surface area (Å²) in [5.41, 5.74) is 0.356. The van der Waals surface area contributed by atoms with E-state index >= 15 is 0 Å². The normalized spacial score (nSPS) is 11.7. The number of nitro groups is 1. The molecule has 0 saturated carbocycles. The first-order chi connectivity index (χ1) is 10.8. The minimum atomic E-state index is -4.13. The van der Waals surface area contributed by atoms with Crippen LogP contribution in [0.15, 0.2) is 53.4 Å². The molecule has 23 heavy (non-hydrogen) atoms. The lowest BCUT2D eigenvalue weighted by Crippen LogP contribution is -2.28.